The summed E-state index contributed by atoms with van der Waals surface area (Å²) in [4.78, 5) is 9.85. The Morgan fingerprint density at radius 2 is 0.466 bits per heavy atom. The molecule has 6 heteroatoms. The molecule has 0 unspecified atom stereocenters. The first kappa shape index (κ1) is 36.6. The zero-order chi connectivity index (χ0) is 38.7. The van der Waals surface area contributed by atoms with Crippen LogP contribution in [-0.4, -0.2) is 0 Å². The number of fused-ring (bicyclic) bond motifs is 2. The molecule has 0 bridgehead atoms. The fourth-order valence-corrected chi connectivity index (χ4v) is 12.6. The van der Waals surface area contributed by atoms with Gasteiger partial charge in [-0.1, -0.05) is 168 Å². The lowest BCUT2D eigenvalue weighted by atomic mass is 9.94. The van der Waals surface area contributed by atoms with Crippen LogP contribution in [0.25, 0.3) is 11.1 Å². The van der Waals surface area contributed by atoms with E-state index < -0.39 is 0 Å². The van der Waals surface area contributed by atoms with Crippen LogP contribution >= 0.6 is 47.0 Å². The quantitative estimate of drug-likeness (QED) is 0.142. The Balaban J connectivity index is 1.13. The summed E-state index contributed by atoms with van der Waals surface area (Å²) in [6, 6.07) is 78.5. The van der Waals surface area contributed by atoms with Gasteiger partial charge in [0.05, 0.1) is 8.47 Å². The number of anilines is 6. The first-order valence-electron chi connectivity index (χ1n) is 19.2. The third kappa shape index (κ3) is 7.41. The number of rotatable bonds is 9. The van der Waals surface area contributed by atoms with Crippen molar-refractivity contribution in [1.82, 2.24) is 0 Å². The molecule has 8 aromatic rings. The fraction of sp³-hybridized carbons (Fsp3) is 0. The van der Waals surface area contributed by atoms with E-state index >= 15 is 0 Å². The van der Waals surface area contributed by atoms with E-state index in [4.69, 9.17) is 0 Å². The van der Waals surface area contributed by atoms with Crippen LogP contribution in [0, 0.1) is 0 Å². The van der Waals surface area contributed by atoms with Crippen molar-refractivity contribution in [1.29, 1.82) is 0 Å². The Hall–Kier alpha value is -5.76. The Labute approximate surface area is 357 Å². The number of hydrogen-bond donors (Lipinski definition) is 0. The van der Waals surface area contributed by atoms with Crippen molar-refractivity contribution in [2.24, 2.45) is 0 Å². The van der Waals surface area contributed by atoms with Crippen LogP contribution in [0.3, 0.4) is 0 Å². The maximum atomic E-state index is 2.33. The summed E-state index contributed by atoms with van der Waals surface area (Å²) < 4.78 is 2.58. The predicted octanol–water partition coefficient (Wildman–Crippen LogP) is 16.5. The Kier molecular flexibility index (Phi) is 10.5. The molecular formula is C52H36N2S4. The summed E-state index contributed by atoms with van der Waals surface area (Å²) in [5, 5.41) is 0. The van der Waals surface area contributed by atoms with Gasteiger partial charge >= 0.3 is 0 Å². The second-order valence-corrected chi connectivity index (χ2v) is 18.5. The van der Waals surface area contributed by atoms with Crippen LogP contribution in [0.2, 0.25) is 0 Å². The highest BCUT2D eigenvalue weighted by atomic mass is 32.2. The molecule has 8 aromatic carbocycles. The number of nitrogens with zero attached hydrogens (tertiary/aromatic N) is 2. The monoisotopic (exact) mass is 816 g/mol. The number of thioether (sulfide) groups is 4. The Morgan fingerprint density at radius 3 is 0.724 bits per heavy atom. The number of hydrogen-bond acceptors (Lipinski definition) is 6. The Morgan fingerprint density at radius 1 is 0.241 bits per heavy atom. The van der Waals surface area contributed by atoms with Crippen molar-refractivity contribution in [3.8, 4) is 0 Å². The summed E-state index contributed by atoms with van der Waals surface area (Å²) in [6.07, 6.45) is 0. The Bertz CT molecular complexity index is 2430. The average Bonchev–Trinajstić information content (AvgIpc) is 3.93. The minimum absolute atomic E-state index is 1.11. The zero-order valence-electron chi connectivity index (χ0n) is 31.3. The fourth-order valence-electron chi connectivity index (χ4n) is 7.37. The molecule has 0 atom stereocenters. The van der Waals surface area contributed by atoms with E-state index in [-0.39, 0.29) is 0 Å². The normalized spacial score (nSPS) is 12.8. The van der Waals surface area contributed by atoms with Gasteiger partial charge in [0.1, 0.15) is 0 Å². The molecule has 10 rings (SSSR count). The molecule has 0 fully saturated rings. The van der Waals surface area contributed by atoms with Crippen LogP contribution in [-0.2, 0) is 0 Å². The summed E-state index contributed by atoms with van der Waals surface area (Å²) in [5.74, 6) is 0. The second kappa shape index (κ2) is 16.6. The van der Waals surface area contributed by atoms with Gasteiger partial charge in [0, 0.05) is 64.9 Å². The van der Waals surface area contributed by atoms with Crippen molar-refractivity contribution in [2.45, 2.75) is 19.6 Å². The van der Waals surface area contributed by atoms with Gasteiger partial charge in [0.25, 0.3) is 0 Å². The minimum atomic E-state index is 1.11. The molecule has 2 aliphatic heterocycles. The first-order chi connectivity index (χ1) is 28.8. The van der Waals surface area contributed by atoms with Gasteiger partial charge in [-0.3, -0.25) is 0 Å². The van der Waals surface area contributed by atoms with Gasteiger partial charge < -0.3 is 9.80 Å². The second-order valence-electron chi connectivity index (χ2n) is 13.7. The minimum Gasteiger partial charge on any atom is -0.311 e. The van der Waals surface area contributed by atoms with Gasteiger partial charge in [-0.15, -0.1) is 0 Å². The molecule has 2 heterocycles. The van der Waals surface area contributed by atoms with E-state index in [1.165, 1.54) is 50.3 Å². The molecule has 0 radical (unpaired) electrons. The van der Waals surface area contributed by atoms with Crippen molar-refractivity contribution in [2.75, 3.05) is 9.80 Å². The summed E-state index contributed by atoms with van der Waals surface area (Å²) in [6.45, 7) is 0. The van der Waals surface area contributed by atoms with Crippen LogP contribution in [0.5, 0.6) is 0 Å². The molecule has 0 spiro atoms. The van der Waals surface area contributed by atoms with Gasteiger partial charge in [0.2, 0.25) is 0 Å². The maximum Gasteiger partial charge on any atom is 0.0584 e. The molecule has 0 saturated heterocycles. The van der Waals surface area contributed by atoms with Gasteiger partial charge in [-0.05, 0) is 108 Å². The van der Waals surface area contributed by atoms with Crippen molar-refractivity contribution in [3.63, 3.8) is 0 Å². The van der Waals surface area contributed by atoms with Crippen LogP contribution in [0.15, 0.2) is 246 Å². The predicted molar refractivity (Wildman–Crippen MR) is 252 cm³/mol. The molecule has 0 saturated carbocycles. The van der Waals surface area contributed by atoms with Crippen LogP contribution in [0.1, 0.15) is 11.1 Å². The largest absolute Gasteiger partial charge is 0.311 e. The highest BCUT2D eigenvalue weighted by Gasteiger charge is 2.30. The van der Waals surface area contributed by atoms with Crippen molar-refractivity contribution >= 4 is 92.3 Å². The molecule has 0 amide bonds. The van der Waals surface area contributed by atoms with Crippen LogP contribution in [0.4, 0.5) is 34.1 Å². The smallest absolute Gasteiger partial charge is 0.0584 e. The summed E-state index contributed by atoms with van der Waals surface area (Å²) in [7, 11) is 0. The maximum absolute atomic E-state index is 2.33. The number of benzene rings is 8. The van der Waals surface area contributed by atoms with E-state index in [0.717, 1.165) is 34.1 Å². The zero-order valence-corrected chi connectivity index (χ0v) is 34.6. The molecule has 0 aliphatic carbocycles. The molecule has 2 nitrogen and oxygen atoms in total. The molecule has 0 aromatic heterocycles. The first-order valence-corrected chi connectivity index (χ1v) is 22.4. The van der Waals surface area contributed by atoms with Crippen molar-refractivity contribution in [3.05, 3.63) is 238 Å². The van der Waals surface area contributed by atoms with Gasteiger partial charge in [0.15, 0.2) is 0 Å². The SMILES string of the molecule is c1ccc(N(c2ccccc2)c2ccc(C(=C3Sc4ccccc4S3)C(=C3Sc4ccccc4S3)c3ccc(N(c4ccccc4)c4ccccc4)cc3)cc2)cc1. The van der Waals surface area contributed by atoms with Crippen LogP contribution < -0.4 is 9.80 Å². The molecule has 278 valence electrons. The van der Waals surface area contributed by atoms with E-state index in [2.05, 4.69) is 228 Å². The third-order valence-electron chi connectivity index (χ3n) is 10.1. The standard InChI is InChI=1S/C52H36N2S4/c1-5-17-39(18-6-1)53(40-19-7-2-8-20-40)43-33-29-37(30-34-43)49(51-55-45-25-13-14-26-46(45)56-51)50(52-57-47-27-15-16-28-48(47)58-52)38-31-35-44(36-32-38)54(41-21-9-3-10-22-41)42-23-11-4-12-24-42/h1-36H. The van der Waals surface area contributed by atoms with E-state index in [1.54, 1.807) is 0 Å². The topological polar surface area (TPSA) is 6.48 Å². The molecule has 58 heavy (non-hydrogen) atoms. The summed E-state index contributed by atoms with van der Waals surface area (Å²) >= 11 is 7.53. The highest BCUT2D eigenvalue weighted by Crippen LogP contribution is 2.60. The lowest BCUT2D eigenvalue weighted by Gasteiger charge is -2.26. The highest BCUT2D eigenvalue weighted by molar-refractivity contribution is 8.25. The van der Waals surface area contributed by atoms with Crippen molar-refractivity contribution < 1.29 is 0 Å². The lowest BCUT2D eigenvalue weighted by molar-refractivity contribution is 1.27. The summed E-state index contributed by atoms with van der Waals surface area (Å²) in [5.41, 5.74) is 11.6. The molecule has 2 aliphatic rings. The van der Waals surface area contributed by atoms with Gasteiger partial charge in [-0.25, -0.2) is 0 Å². The number of allylic oxidation sites excluding steroid dienone is 2. The van der Waals surface area contributed by atoms with Gasteiger partial charge in [-0.2, -0.15) is 0 Å². The average molecular weight is 817 g/mol. The molecule has 0 N–H and O–H groups in total. The molecular weight excluding hydrogens is 781 g/mol. The number of para-hydroxylation sites is 4. The van der Waals surface area contributed by atoms with E-state index in [0.29, 0.717) is 0 Å². The van der Waals surface area contributed by atoms with E-state index in [1.807, 2.05) is 47.0 Å². The third-order valence-corrected chi connectivity index (χ3v) is 15.2. The lowest BCUT2D eigenvalue weighted by Crippen LogP contribution is -2.10. The van der Waals surface area contributed by atoms with E-state index in [9.17, 15) is 0 Å².